The summed E-state index contributed by atoms with van der Waals surface area (Å²) in [5.41, 5.74) is 0. The third kappa shape index (κ3) is 13.6. The van der Waals surface area contributed by atoms with Crippen molar-refractivity contribution in [2.75, 3.05) is 6.61 Å². The second-order valence-electron chi connectivity index (χ2n) is 5.44. The minimum absolute atomic E-state index is 0.236. The number of esters is 1. The first-order valence-electron chi connectivity index (χ1n) is 8.12. The molecule has 0 saturated carbocycles. The molecular weight excluding hydrogens is 272 g/mol. The van der Waals surface area contributed by atoms with E-state index in [4.69, 9.17) is 9.84 Å². The van der Waals surface area contributed by atoms with Crippen LogP contribution in [0.25, 0.3) is 0 Å². The highest BCUT2D eigenvalue weighted by atomic mass is 16.5. The molecule has 5 heteroatoms. The predicted molar refractivity (Wildman–Crippen MR) is 78.4 cm³/mol. The van der Waals surface area contributed by atoms with Crippen LogP contribution in [0.4, 0.5) is 0 Å². The first-order valence-corrected chi connectivity index (χ1v) is 8.12. The van der Waals surface area contributed by atoms with Crippen molar-refractivity contribution in [1.29, 1.82) is 0 Å². The molecule has 1 atom stereocenters. The van der Waals surface area contributed by atoms with E-state index in [1.807, 2.05) is 0 Å². The molecule has 0 rings (SSSR count). The SMILES string of the molecule is CCCCCCCCCCCCOC(=O)C(O)CC(=O)[O-]. The fourth-order valence-corrected chi connectivity index (χ4v) is 2.10. The lowest BCUT2D eigenvalue weighted by molar-refractivity contribution is -0.307. The minimum atomic E-state index is -1.61. The molecule has 0 fully saturated rings. The fourth-order valence-electron chi connectivity index (χ4n) is 2.10. The standard InChI is InChI=1S/C16H30O5/c1-2-3-4-5-6-7-8-9-10-11-12-21-16(20)14(17)13-15(18)19/h14,17H,2-13H2,1H3,(H,18,19)/p-1. The van der Waals surface area contributed by atoms with Crippen LogP contribution >= 0.6 is 0 Å². The van der Waals surface area contributed by atoms with Gasteiger partial charge in [-0.3, -0.25) is 0 Å². The van der Waals surface area contributed by atoms with E-state index >= 15 is 0 Å². The van der Waals surface area contributed by atoms with Crippen molar-refractivity contribution in [2.24, 2.45) is 0 Å². The predicted octanol–water partition coefficient (Wildman–Crippen LogP) is 1.95. The van der Waals surface area contributed by atoms with Crippen LogP contribution in [-0.4, -0.2) is 29.8 Å². The number of ether oxygens (including phenoxy) is 1. The highest BCUT2D eigenvalue weighted by Crippen LogP contribution is 2.10. The molecule has 0 aliphatic rings. The van der Waals surface area contributed by atoms with Gasteiger partial charge in [0.2, 0.25) is 0 Å². The van der Waals surface area contributed by atoms with E-state index in [9.17, 15) is 14.7 Å². The summed E-state index contributed by atoms with van der Waals surface area (Å²) in [7, 11) is 0. The summed E-state index contributed by atoms with van der Waals surface area (Å²) in [6.07, 6.45) is 9.54. The number of aliphatic carboxylic acids is 1. The number of carboxylic acid groups (broad SMARTS) is 1. The van der Waals surface area contributed by atoms with Crippen LogP contribution in [0.1, 0.15) is 77.6 Å². The van der Waals surface area contributed by atoms with Crippen LogP contribution in [0.15, 0.2) is 0 Å². The summed E-state index contributed by atoms with van der Waals surface area (Å²) in [6.45, 7) is 2.45. The number of carboxylic acids is 1. The lowest BCUT2D eigenvalue weighted by Crippen LogP contribution is -2.32. The molecule has 0 aromatic carbocycles. The van der Waals surface area contributed by atoms with E-state index in [1.165, 1.54) is 44.9 Å². The maximum atomic E-state index is 11.2. The fraction of sp³-hybridized carbons (Fsp3) is 0.875. The van der Waals surface area contributed by atoms with Crippen LogP contribution < -0.4 is 5.11 Å². The average molecular weight is 301 g/mol. The zero-order chi connectivity index (χ0) is 15.9. The maximum absolute atomic E-state index is 11.2. The number of aliphatic hydroxyl groups is 1. The topological polar surface area (TPSA) is 86.7 Å². The Labute approximate surface area is 127 Å². The molecule has 0 saturated heterocycles. The summed E-state index contributed by atoms with van der Waals surface area (Å²) in [6, 6.07) is 0. The van der Waals surface area contributed by atoms with Crippen molar-refractivity contribution < 1.29 is 24.5 Å². The molecule has 124 valence electrons. The van der Waals surface area contributed by atoms with Gasteiger partial charge in [-0.2, -0.15) is 0 Å². The van der Waals surface area contributed by atoms with Crippen LogP contribution in [0.2, 0.25) is 0 Å². The molecule has 0 radical (unpaired) electrons. The Morgan fingerprint density at radius 2 is 1.43 bits per heavy atom. The normalized spacial score (nSPS) is 12.1. The third-order valence-corrected chi connectivity index (χ3v) is 3.37. The molecule has 0 aliphatic heterocycles. The van der Waals surface area contributed by atoms with Crippen molar-refractivity contribution in [1.82, 2.24) is 0 Å². The molecular formula is C16H29O5-. The Kier molecular flexibility index (Phi) is 13.1. The largest absolute Gasteiger partial charge is 0.550 e. The highest BCUT2D eigenvalue weighted by molar-refractivity contribution is 5.79. The highest BCUT2D eigenvalue weighted by Gasteiger charge is 2.16. The van der Waals surface area contributed by atoms with E-state index in [0.29, 0.717) is 0 Å². The molecule has 0 spiro atoms. The molecule has 21 heavy (non-hydrogen) atoms. The number of rotatable bonds is 14. The van der Waals surface area contributed by atoms with Crippen LogP contribution in [0.5, 0.6) is 0 Å². The maximum Gasteiger partial charge on any atom is 0.335 e. The van der Waals surface area contributed by atoms with Crippen LogP contribution in [-0.2, 0) is 14.3 Å². The van der Waals surface area contributed by atoms with E-state index in [2.05, 4.69) is 6.92 Å². The van der Waals surface area contributed by atoms with Crippen molar-refractivity contribution in [3.63, 3.8) is 0 Å². The molecule has 0 amide bonds. The summed E-state index contributed by atoms with van der Waals surface area (Å²) < 4.78 is 4.80. The average Bonchev–Trinajstić information content (AvgIpc) is 2.43. The van der Waals surface area contributed by atoms with Crippen LogP contribution in [0.3, 0.4) is 0 Å². The summed E-state index contributed by atoms with van der Waals surface area (Å²) >= 11 is 0. The second kappa shape index (κ2) is 13.9. The molecule has 5 nitrogen and oxygen atoms in total. The van der Waals surface area contributed by atoms with E-state index in [0.717, 1.165) is 19.3 Å². The number of hydrogen-bond acceptors (Lipinski definition) is 5. The zero-order valence-corrected chi connectivity index (χ0v) is 13.1. The van der Waals surface area contributed by atoms with Gasteiger partial charge in [-0.15, -0.1) is 0 Å². The van der Waals surface area contributed by atoms with Gasteiger partial charge in [0, 0.05) is 12.4 Å². The second-order valence-corrected chi connectivity index (χ2v) is 5.44. The number of carbonyl (C=O) groups is 2. The summed E-state index contributed by atoms with van der Waals surface area (Å²) in [5, 5.41) is 19.3. The monoisotopic (exact) mass is 301 g/mol. The molecule has 0 aromatic rings. The Hall–Kier alpha value is -1.10. The van der Waals surface area contributed by atoms with Gasteiger partial charge < -0.3 is 19.7 Å². The van der Waals surface area contributed by atoms with Crippen molar-refractivity contribution in [3.05, 3.63) is 0 Å². The first kappa shape index (κ1) is 19.9. The zero-order valence-electron chi connectivity index (χ0n) is 13.1. The van der Waals surface area contributed by atoms with E-state index in [-0.39, 0.29) is 6.61 Å². The Balaban J connectivity index is 3.28. The summed E-state index contributed by atoms with van der Waals surface area (Å²) in [4.78, 5) is 21.4. The minimum Gasteiger partial charge on any atom is -0.550 e. The number of carbonyl (C=O) groups excluding carboxylic acids is 2. The first-order chi connectivity index (χ1) is 10.1. The number of unbranched alkanes of at least 4 members (excludes halogenated alkanes) is 9. The quantitative estimate of drug-likeness (QED) is 0.391. The van der Waals surface area contributed by atoms with Gasteiger partial charge in [-0.05, 0) is 6.42 Å². The Morgan fingerprint density at radius 3 is 1.90 bits per heavy atom. The molecule has 0 aromatic heterocycles. The summed E-state index contributed by atoms with van der Waals surface area (Å²) in [5.74, 6) is -2.34. The molecule has 0 heterocycles. The van der Waals surface area contributed by atoms with E-state index < -0.39 is 24.5 Å². The number of aliphatic hydroxyl groups excluding tert-OH is 1. The van der Waals surface area contributed by atoms with E-state index in [1.54, 1.807) is 0 Å². The number of hydrogen-bond donors (Lipinski definition) is 1. The van der Waals surface area contributed by atoms with Gasteiger partial charge in [-0.25, -0.2) is 4.79 Å². The van der Waals surface area contributed by atoms with Crippen molar-refractivity contribution in [3.8, 4) is 0 Å². The van der Waals surface area contributed by atoms with Gasteiger partial charge in [0.25, 0.3) is 0 Å². The van der Waals surface area contributed by atoms with Gasteiger partial charge in [0.15, 0.2) is 6.10 Å². The molecule has 0 aliphatic carbocycles. The van der Waals surface area contributed by atoms with Crippen LogP contribution in [0, 0.1) is 0 Å². The smallest absolute Gasteiger partial charge is 0.335 e. The molecule has 1 unspecified atom stereocenters. The molecule has 0 bridgehead atoms. The Bertz CT molecular complexity index is 278. The van der Waals surface area contributed by atoms with Crippen molar-refractivity contribution in [2.45, 2.75) is 83.7 Å². The Morgan fingerprint density at radius 1 is 0.952 bits per heavy atom. The van der Waals surface area contributed by atoms with Gasteiger partial charge in [0.05, 0.1) is 6.61 Å². The molecule has 1 N–H and O–H groups in total. The van der Waals surface area contributed by atoms with Gasteiger partial charge in [0.1, 0.15) is 0 Å². The third-order valence-electron chi connectivity index (χ3n) is 3.37. The van der Waals surface area contributed by atoms with Gasteiger partial charge >= 0.3 is 5.97 Å². The lowest BCUT2D eigenvalue weighted by Gasteiger charge is -2.10. The lowest BCUT2D eigenvalue weighted by atomic mass is 10.1. The van der Waals surface area contributed by atoms with Crippen molar-refractivity contribution >= 4 is 11.9 Å². The van der Waals surface area contributed by atoms with Gasteiger partial charge in [-0.1, -0.05) is 64.7 Å².